The molecular weight excluding hydrogens is 296 g/mol. The highest BCUT2D eigenvalue weighted by atomic mass is 79.9. The van der Waals surface area contributed by atoms with E-state index in [4.69, 9.17) is 0 Å². The van der Waals surface area contributed by atoms with Crippen molar-refractivity contribution in [3.8, 4) is 10.6 Å². The van der Waals surface area contributed by atoms with Crippen molar-refractivity contribution in [2.45, 2.75) is 19.9 Å². The van der Waals surface area contributed by atoms with E-state index in [1.54, 1.807) is 11.3 Å². The standard InChI is InChI=1S/C13H15BrN2S/c1-8-6-10(14)4-5-11(8)13-16-7-12(17-13)9(2)15-3/h4-7,9,15H,1-3H3. The first kappa shape index (κ1) is 12.7. The molecule has 17 heavy (non-hydrogen) atoms. The van der Waals surface area contributed by atoms with Gasteiger partial charge in [0.05, 0.1) is 0 Å². The molecule has 4 heteroatoms. The van der Waals surface area contributed by atoms with Crippen LogP contribution in [0.2, 0.25) is 0 Å². The zero-order valence-electron chi connectivity index (χ0n) is 10.1. The number of benzene rings is 1. The summed E-state index contributed by atoms with van der Waals surface area (Å²) >= 11 is 5.23. The van der Waals surface area contributed by atoms with Gasteiger partial charge in [-0.3, -0.25) is 0 Å². The van der Waals surface area contributed by atoms with Crippen molar-refractivity contribution in [2.24, 2.45) is 0 Å². The molecule has 0 radical (unpaired) electrons. The molecule has 0 spiro atoms. The van der Waals surface area contributed by atoms with Crippen LogP contribution in [0.25, 0.3) is 10.6 Å². The van der Waals surface area contributed by atoms with Gasteiger partial charge in [0.15, 0.2) is 0 Å². The summed E-state index contributed by atoms with van der Waals surface area (Å²) < 4.78 is 1.11. The van der Waals surface area contributed by atoms with Gasteiger partial charge < -0.3 is 5.32 Å². The Labute approximate surface area is 114 Å². The topological polar surface area (TPSA) is 24.9 Å². The first-order valence-electron chi connectivity index (χ1n) is 5.51. The Morgan fingerprint density at radius 2 is 2.18 bits per heavy atom. The summed E-state index contributed by atoms with van der Waals surface area (Å²) in [7, 11) is 1.97. The maximum atomic E-state index is 4.51. The summed E-state index contributed by atoms with van der Waals surface area (Å²) in [4.78, 5) is 5.78. The molecule has 1 atom stereocenters. The third-order valence-electron chi connectivity index (χ3n) is 2.80. The third-order valence-corrected chi connectivity index (χ3v) is 4.51. The van der Waals surface area contributed by atoms with Gasteiger partial charge in [-0.2, -0.15) is 0 Å². The molecule has 0 bridgehead atoms. The van der Waals surface area contributed by atoms with Gasteiger partial charge in [-0.25, -0.2) is 4.98 Å². The van der Waals surface area contributed by atoms with Crippen molar-refractivity contribution in [3.63, 3.8) is 0 Å². The lowest BCUT2D eigenvalue weighted by Crippen LogP contribution is -2.10. The summed E-state index contributed by atoms with van der Waals surface area (Å²) in [6.07, 6.45) is 1.96. The minimum atomic E-state index is 0.358. The van der Waals surface area contributed by atoms with E-state index in [9.17, 15) is 0 Å². The first-order chi connectivity index (χ1) is 8.11. The zero-order valence-corrected chi connectivity index (χ0v) is 12.5. The van der Waals surface area contributed by atoms with Gasteiger partial charge in [-0.15, -0.1) is 11.3 Å². The average Bonchev–Trinajstić information content (AvgIpc) is 2.77. The van der Waals surface area contributed by atoms with Crippen LogP contribution in [0.4, 0.5) is 0 Å². The lowest BCUT2D eigenvalue weighted by atomic mass is 10.1. The van der Waals surface area contributed by atoms with E-state index in [0.29, 0.717) is 6.04 Å². The van der Waals surface area contributed by atoms with Crippen LogP contribution in [-0.4, -0.2) is 12.0 Å². The van der Waals surface area contributed by atoms with Crippen molar-refractivity contribution in [1.82, 2.24) is 10.3 Å². The number of rotatable bonds is 3. The highest BCUT2D eigenvalue weighted by Gasteiger charge is 2.10. The Kier molecular flexibility index (Phi) is 3.97. The summed E-state index contributed by atoms with van der Waals surface area (Å²) in [5.41, 5.74) is 2.46. The quantitative estimate of drug-likeness (QED) is 0.920. The highest BCUT2D eigenvalue weighted by Crippen LogP contribution is 2.31. The molecule has 0 amide bonds. The van der Waals surface area contributed by atoms with Gasteiger partial charge in [-0.05, 0) is 38.6 Å². The number of thiazole rings is 1. The Bertz CT molecular complexity index is 522. The van der Waals surface area contributed by atoms with Crippen LogP contribution >= 0.6 is 27.3 Å². The number of nitrogens with zero attached hydrogens (tertiary/aromatic N) is 1. The van der Waals surface area contributed by atoms with E-state index >= 15 is 0 Å². The summed E-state index contributed by atoms with van der Waals surface area (Å²) in [6, 6.07) is 6.66. The fourth-order valence-corrected chi connectivity index (χ4v) is 3.16. The molecule has 0 aliphatic rings. The normalized spacial score (nSPS) is 12.7. The fourth-order valence-electron chi connectivity index (χ4n) is 1.62. The molecule has 0 fully saturated rings. The molecule has 2 nitrogen and oxygen atoms in total. The molecule has 0 saturated heterocycles. The molecule has 2 rings (SSSR count). The minimum Gasteiger partial charge on any atom is -0.312 e. The highest BCUT2D eigenvalue weighted by molar-refractivity contribution is 9.10. The van der Waals surface area contributed by atoms with Gasteiger partial charge in [0, 0.05) is 27.2 Å². The number of aromatic nitrogens is 1. The van der Waals surface area contributed by atoms with Gasteiger partial charge in [0.2, 0.25) is 0 Å². The van der Waals surface area contributed by atoms with Crippen molar-refractivity contribution in [2.75, 3.05) is 7.05 Å². The summed E-state index contributed by atoms with van der Waals surface area (Å²) in [5, 5.41) is 4.32. The molecule has 90 valence electrons. The predicted molar refractivity (Wildman–Crippen MR) is 77.5 cm³/mol. The molecule has 1 aromatic carbocycles. The number of nitrogens with one attached hydrogen (secondary N) is 1. The molecule has 1 heterocycles. The molecule has 1 N–H and O–H groups in total. The van der Waals surface area contributed by atoms with Gasteiger partial charge in [-0.1, -0.05) is 22.0 Å². The van der Waals surface area contributed by atoms with Crippen molar-refractivity contribution >= 4 is 27.3 Å². The number of hydrogen-bond donors (Lipinski definition) is 1. The maximum Gasteiger partial charge on any atom is 0.123 e. The van der Waals surface area contributed by atoms with Crippen LogP contribution in [0.15, 0.2) is 28.9 Å². The Morgan fingerprint density at radius 1 is 1.41 bits per heavy atom. The van der Waals surface area contributed by atoms with Gasteiger partial charge in [0.1, 0.15) is 5.01 Å². The molecule has 2 aromatic rings. The maximum absolute atomic E-state index is 4.51. The smallest absolute Gasteiger partial charge is 0.123 e. The van der Waals surface area contributed by atoms with E-state index in [0.717, 1.165) is 9.48 Å². The fraction of sp³-hybridized carbons (Fsp3) is 0.308. The lowest BCUT2D eigenvalue weighted by Gasteiger charge is -2.05. The molecule has 1 aromatic heterocycles. The number of aryl methyl sites for hydroxylation is 1. The van der Waals surface area contributed by atoms with E-state index < -0.39 is 0 Å². The second kappa shape index (κ2) is 5.29. The second-order valence-electron chi connectivity index (χ2n) is 4.04. The van der Waals surface area contributed by atoms with Gasteiger partial charge >= 0.3 is 0 Å². The lowest BCUT2D eigenvalue weighted by molar-refractivity contribution is 0.662. The van der Waals surface area contributed by atoms with Crippen LogP contribution in [0.5, 0.6) is 0 Å². The second-order valence-corrected chi connectivity index (χ2v) is 6.02. The molecule has 1 unspecified atom stereocenters. The molecular formula is C13H15BrN2S. The van der Waals surface area contributed by atoms with Crippen LogP contribution in [-0.2, 0) is 0 Å². The van der Waals surface area contributed by atoms with Crippen LogP contribution in [0.1, 0.15) is 23.4 Å². The van der Waals surface area contributed by atoms with Crippen LogP contribution in [0.3, 0.4) is 0 Å². The van der Waals surface area contributed by atoms with Gasteiger partial charge in [0.25, 0.3) is 0 Å². The van der Waals surface area contributed by atoms with E-state index in [-0.39, 0.29) is 0 Å². The number of halogens is 1. The summed E-state index contributed by atoms with van der Waals surface area (Å²) in [6.45, 7) is 4.26. The SMILES string of the molecule is CNC(C)c1cnc(-c2ccc(Br)cc2C)s1. The summed E-state index contributed by atoms with van der Waals surface area (Å²) in [5.74, 6) is 0. The Morgan fingerprint density at radius 3 is 2.82 bits per heavy atom. The van der Waals surface area contributed by atoms with Crippen LogP contribution < -0.4 is 5.32 Å². The average molecular weight is 311 g/mol. The minimum absolute atomic E-state index is 0.358. The Hall–Kier alpha value is -0.710. The largest absolute Gasteiger partial charge is 0.312 e. The van der Waals surface area contributed by atoms with E-state index in [1.165, 1.54) is 16.0 Å². The van der Waals surface area contributed by atoms with E-state index in [2.05, 4.69) is 58.3 Å². The van der Waals surface area contributed by atoms with E-state index in [1.807, 2.05) is 13.2 Å². The van der Waals surface area contributed by atoms with Crippen molar-refractivity contribution in [1.29, 1.82) is 0 Å². The Balaban J connectivity index is 2.37. The van der Waals surface area contributed by atoms with Crippen LogP contribution in [0, 0.1) is 6.92 Å². The number of hydrogen-bond acceptors (Lipinski definition) is 3. The molecule has 0 saturated carbocycles. The van der Waals surface area contributed by atoms with Crippen molar-refractivity contribution in [3.05, 3.63) is 39.3 Å². The first-order valence-corrected chi connectivity index (χ1v) is 7.12. The third kappa shape index (κ3) is 2.76. The molecule has 0 aliphatic heterocycles. The predicted octanol–water partition coefficient (Wildman–Crippen LogP) is 4.16. The zero-order chi connectivity index (χ0) is 12.4. The molecule has 0 aliphatic carbocycles. The monoisotopic (exact) mass is 310 g/mol. The van der Waals surface area contributed by atoms with Crippen molar-refractivity contribution < 1.29 is 0 Å².